The standard InChI is InChI=1S/C19H28N2O4/c1-5-16(25-17-13-14(3)7-8-15(17)4)18(22)20-9-11-21(12-10-20)19(23)24-6-2/h7-8,13,16H,5-6,9-12H2,1-4H3. The molecule has 6 heteroatoms. The highest BCUT2D eigenvalue weighted by atomic mass is 16.6. The Labute approximate surface area is 149 Å². The molecule has 6 nitrogen and oxygen atoms in total. The quantitative estimate of drug-likeness (QED) is 0.821. The van der Waals surface area contributed by atoms with Gasteiger partial charge in [-0.2, -0.15) is 0 Å². The lowest BCUT2D eigenvalue weighted by atomic mass is 10.1. The maximum atomic E-state index is 12.8. The first-order valence-corrected chi connectivity index (χ1v) is 8.90. The van der Waals surface area contributed by atoms with E-state index in [-0.39, 0.29) is 12.0 Å². The van der Waals surface area contributed by atoms with Gasteiger partial charge >= 0.3 is 6.09 Å². The Morgan fingerprint density at radius 3 is 2.32 bits per heavy atom. The van der Waals surface area contributed by atoms with Gasteiger partial charge in [0.1, 0.15) is 5.75 Å². The third-order valence-corrected chi connectivity index (χ3v) is 4.38. The number of nitrogens with zero attached hydrogens (tertiary/aromatic N) is 2. The number of hydrogen-bond donors (Lipinski definition) is 0. The summed E-state index contributed by atoms with van der Waals surface area (Å²) < 4.78 is 11.0. The van der Waals surface area contributed by atoms with Crippen molar-refractivity contribution in [3.63, 3.8) is 0 Å². The van der Waals surface area contributed by atoms with E-state index in [9.17, 15) is 9.59 Å². The molecular formula is C19H28N2O4. The van der Waals surface area contributed by atoms with E-state index in [4.69, 9.17) is 9.47 Å². The summed E-state index contributed by atoms with van der Waals surface area (Å²) in [5.41, 5.74) is 2.12. The molecule has 0 aromatic heterocycles. The summed E-state index contributed by atoms with van der Waals surface area (Å²) in [6.45, 7) is 10.1. The second kappa shape index (κ2) is 8.74. The van der Waals surface area contributed by atoms with Crippen molar-refractivity contribution in [3.8, 4) is 5.75 Å². The van der Waals surface area contributed by atoms with Crippen LogP contribution in [0.25, 0.3) is 0 Å². The average molecular weight is 348 g/mol. The number of benzene rings is 1. The van der Waals surface area contributed by atoms with Crippen LogP contribution in [0, 0.1) is 13.8 Å². The average Bonchev–Trinajstić information content (AvgIpc) is 2.62. The smallest absolute Gasteiger partial charge is 0.409 e. The first kappa shape index (κ1) is 19.1. The fourth-order valence-corrected chi connectivity index (χ4v) is 2.82. The minimum atomic E-state index is -0.505. The highest BCUT2D eigenvalue weighted by molar-refractivity contribution is 5.81. The Morgan fingerprint density at radius 1 is 1.08 bits per heavy atom. The number of ether oxygens (including phenoxy) is 2. The van der Waals surface area contributed by atoms with Crippen molar-refractivity contribution in [1.29, 1.82) is 0 Å². The van der Waals surface area contributed by atoms with Crippen LogP contribution < -0.4 is 4.74 Å². The molecule has 1 saturated heterocycles. The van der Waals surface area contributed by atoms with Crippen LogP contribution in [-0.2, 0) is 9.53 Å². The summed E-state index contributed by atoms with van der Waals surface area (Å²) in [5, 5.41) is 0. The third kappa shape index (κ3) is 4.87. The van der Waals surface area contributed by atoms with Crippen LogP contribution >= 0.6 is 0 Å². The van der Waals surface area contributed by atoms with Crippen LogP contribution in [0.4, 0.5) is 4.79 Å². The molecule has 0 spiro atoms. The number of hydrogen-bond acceptors (Lipinski definition) is 4. The first-order chi connectivity index (χ1) is 12.0. The number of amides is 2. The summed E-state index contributed by atoms with van der Waals surface area (Å²) in [7, 11) is 0. The van der Waals surface area contributed by atoms with Crippen LogP contribution in [0.2, 0.25) is 0 Å². The zero-order valence-electron chi connectivity index (χ0n) is 15.6. The summed E-state index contributed by atoms with van der Waals surface area (Å²) in [6, 6.07) is 5.99. The van der Waals surface area contributed by atoms with Gasteiger partial charge in [-0.1, -0.05) is 19.1 Å². The van der Waals surface area contributed by atoms with Crippen LogP contribution in [0.5, 0.6) is 5.75 Å². The van der Waals surface area contributed by atoms with E-state index in [2.05, 4.69) is 0 Å². The largest absolute Gasteiger partial charge is 0.480 e. The minimum Gasteiger partial charge on any atom is -0.480 e. The second-order valence-corrected chi connectivity index (χ2v) is 6.29. The van der Waals surface area contributed by atoms with Crippen molar-refractivity contribution >= 4 is 12.0 Å². The van der Waals surface area contributed by atoms with Crippen LogP contribution in [-0.4, -0.2) is 60.7 Å². The molecule has 138 valence electrons. The normalized spacial score (nSPS) is 15.7. The van der Waals surface area contributed by atoms with E-state index < -0.39 is 6.10 Å². The molecule has 1 atom stereocenters. The van der Waals surface area contributed by atoms with Crippen LogP contribution in [0.1, 0.15) is 31.4 Å². The Hall–Kier alpha value is -2.24. The highest BCUT2D eigenvalue weighted by Gasteiger charge is 2.29. The van der Waals surface area contributed by atoms with Crippen molar-refractivity contribution in [2.45, 2.75) is 40.2 Å². The molecule has 2 rings (SSSR count). The van der Waals surface area contributed by atoms with E-state index in [0.29, 0.717) is 39.2 Å². The first-order valence-electron chi connectivity index (χ1n) is 8.90. The number of carbonyl (C=O) groups excluding carboxylic acids is 2. The van der Waals surface area contributed by atoms with Crippen molar-refractivity contribution < 1.29 is 19.1 Å². The monoisotopic (exact) mass is 348 g/mol. The Morgan fingerprint density at radius 2 is 1.72 bits per heavy atom. The predicted molar refractivity (Wildman–Crippen MR) is 95.8 cm³/mol. The van der Waals surface area contributed by atoms with E-state index >= 15 is 0 Å². The minimum absolute atomic E-state index is 0.0214. The summed E-state index contributed by atoms with van der Waals surface area (Å²) in [5.74, 6) is 0.734. The number of aryl methyl sites for hydroxylation is 2. The van der Waals surface area contributed by atoms with Gasteiger partial charge in [0.2, 0.25) is 0 Å². The fourth-order valence-electron chi connectivity index (χ4n) is 2.82. The predicted octanol–water partition coefficient (Wildman–Crippen LogP) is 2.76. The summed E-state index contributed by atoms with van der Waals surface area (Å²) in [6.07, 6.45) is -0.215. The number of carbonyl (C=O) groups is 2. The van der Waals surface area contributed by atoms with E-state index in [1.807, 2.05) is 39.0 Å². The Balaban J connectivity index is 1.96. The maximum absolute atomic E-state index is 12.8. The lowest BCUT2D eigenvalue weighted by Gasteiger charge is -2.35. The second-order valence-electron chi connectivity index (χ2n) is 6.29. The van der Waals surface area contributed by atoms with Gasteiger partial charge < -0.3 is 19.3 Å². The van der Waals surface area contributed by atoms with Crippen molar-refractivity contribution in [2.24, 2.45) is 0 Å². The molecule has 25 heavy (non-hydrogen) atoms. The van der Waals surface area contributed by atoms with Gasteiger partial charge in [-0.3, -0.25) is 4.79 Å². The summed E-state index contributed by atoms with van der Waals surface area (Å²) >= 11 is 0. The maximum Gasteiger partial charge on any atom is 0.409 e. The zero-order chi connectivity index (χ0) is 18.4. The molecule has 0 saturated carbocycles. The molecule has 1 aromatic carbocycles. The molecule has 1 aliphatic rings. The van der Waals surface area contributed by atoms with Gasteiger partial charge in [0.25, 0.3) is 5.91 Å². The van der Waals surface area contributed by atoms with Crippen LogP contribution in [0.3, 0.4) is 0 Å². The molecule has 2 amide bonds. The molecule has 0 N–H and O–H groups in total. The van der Waals surface area contributed by atoms with Gasteiger partial charge in [-0.25, -0.2) is 4.79 Å². The fraction of sp³-hybridized carbons (Fsp3) is 0.579. The number of rotatable bonds is 5. The molecular weight excluding hydrogens is 320 g/mol. The van der Waals surface area contributed by atoms with Crippen molar-refractivity contribution in [2.75, 3.05) is 32.8 Å². The Bertz CT molecular complexity index is 609. The zero-order valence-corrected chi connectivity index (χ0v) is 15.6. The molecule has 1 heterocycles. The number of piperazine rings is 1. The molecule has 1 aliphatic heterocycles. The molecule has 1 fully saturated rings. The Kier molecular flexibility index (Phi) is 6.67. The van der Waals surface area contributed by atoms with E-state index in [1.165, 1.54) is 0 Å². The third-order valence-electron chi connectivity index (χ3n) is 4.38. The molecule has 1 unspecified atom stereocenters. The molecule has 0 aliphatic carbocycles. The summed E-state index contributed by atoms with van der Waals surface area (Å²) in [4.78, 5) is 28.0. The van der Waals surface area contributed by atoms with E-state index in [1.54, 1.807) is 16.7 Å². The highest BCUT2D eigenvalue weighted by Crippen LogP contribution is 2.22. The van der Waals surface area contributed by atoms with Gasteiger partial charge in [0, 0.05) is 26.2 Å². The van der Waals surface area contributed by atoms with Gasteiger partial charge in [-0.15, -0.1) is 0 Å². The van der Waals surface area contributed by atoms with Gasteiger partial charge in [0.05, 0.1) is 6.61 Å². The van der Waals surface area contributed by atoms with E-state index in [0.717, 1.165) is 16.9 Å². The topological polar surface area (TPSA) is 59.1 Å². The van der Waals surface area contributed by atoms with Gasteiger partial charge in [0.15, 0.2) is 6.10 Å². The van der Waals surface area contributed by atoms with Gasteiger partial charge in [-0.05, 0) is 44.4 Å². The SMILES string of the molecule is CCOC(=O)N1CCN(C(=O)C(CC)Oc2cc(C)ccc2C)CC1. The van der Waals surface area contributed by atoms with Crippen molar-refractivity contribution in [3.05, 3.63) is 29.3 Å². The molecule has 1 aromatic rings. The molecule has 0 bridgehead atoms. The van der Waals surface area contributed by atoms with Crippen molar-refractivity contribution in [1.82, 2.24) is 9.80 Å². The lowest BCUT2D eigenvalue weighted by molar-refractivity contribution is -0.140. The molecule has 0 radical (unpaired) electrons. The van der Waals surface area contributed by atoms with Crippen LogP contribution in [0.15, 0.2) is 18.2 Å². The lowest BCUT2D eigenvalue weighted by Crippen LogP contribution is -2.53.